The van der Waals surface area contributed by atoms with Crippen LogP contribution in [0.4, 0.5) is 4.39 Å². The summed E-state index contributed by atoms with van der Waals surface area (Å²) in [6, 6.07) is 7.30. The highest BCUT2D eigenvalue weighted by Crippen LogP contribution is 2.48. The number of likely N-dealkylation sites (tertiary alicyclic amines) is 3. The summed E-state index contributed by atoms with van der Waals surface area (Å²) in [6.07, 6.45) is 2.43. The maximum atomic E-state index is 13.5. The van der Waals surface area contributed by atoms with Crippen molar-refractivity contribution in [3.63, 3.8) is 0 Å². The van der Waals surface area contributed by atoms with E-state index in [1.807, 2.05) is 9.80 Å². The average Bonchev–Trinajstić information content (AvgIpc) is 3.09. The van der Waals surface area contributed by atoms with Crippen LogP contribution < -0.4 is 5.73 Å². The van der Waals surface area contributed by atoms with E-state index in [1.165, 1.54) is 12.1 Å². The average molecular weight is 454 g/mol. The lowest BCUT2D eigenvalue weighted by Gasteiger charge is -2.45. The number of benzene rings is 1. The van der Waals surface area contributed by atoms with Crippen LogP contribution in [0.5, 0.6) is 0 Å². The summed E-state index contributed by atoms with van der Waals surface area (Å²) in [6.45, 7) is 7.28. The number of nitrogens with zero attached hydrogens (tertiary/aromatic N) is 4. The van der Waals surface area contributed by atoms with Crippen LogP contribution in [0.25, 0.3) is 0 Å². The highest BCUT2D eigenvalue weighted by Gasteiger charge is 2.56. The van der Waals surface area contributed by atoms with Crippen molar-refractivity contribution < 1.29 is 14.0 Å². The van der Waals surface area contributed by atoms with Crippen LogP contribution in [0.2, 0.25) is 0 Å². The number of piperidine rings is 1. The first-order valence-corrected chi connectivity index (χ1v) is 11.9. The Morgan fingerprint density at radius 3 is 2.55 bits per heavy atom. The first kappa shape index (κ1) is 22.3. The number of piperazine rings is 1. The van der Waals surface area contributed by atoms with Crippen LogP contribution in [0.1, 0.15) is 51.6 Å². The van der Waals surface area contributed by atoms with Crippen molar-refractivity contribution in [2.75, 3.05) is 13.1 Å². The van der Waals surface area contributed by atoms with Gasteiger partial charge in [-0.3, -0.25) is 14.5 Å². The first-order chi connectivity index (χ1) is 15.6. The quantitative estimate of drug-likeness (QED) is 0.736. The molecule has 1 aromatic rings. The molecule has 5 rings (SSSR count). The molecular formula is C25H32FN5O2. The van der Waals surface area contributed by atoms with Crippen molar-refractivity contribution in [1.82, 2.24) is 14.7 Å². The smallest absolute Gasteiger partial charge is 0.242 e. The second kappa shape index (κ2) is 7.78. The van der Waals surface area contributed by atoms with Crippen molar-refractivity contribution in [1.29, 1.82) is 5.26 Å². The molecule has 4 fully saturated rings. The number of amides is 2. The van der Waals surface area contributed by atoms with Gasteiger partial charge in [0.25, 0.3) is 0 Å². The molecule has 7 nitrogen and oxygen atoms in total. The maximum Gasteiger partial charge on any atom is 0.242 e. The van der Waals surface area contributed by atoms with E-state index in [-0.39, 0.29) is 53.3 Å². The van der Waals surface area contributed by atoms with Crippen LogP contribution in [-0.2, 0) is 9.59 Å². The minimum absolute atomic E-state index is 0.0329. The highest BCUT2D eigenvalue weighted by molar-refractivity contribution is 5.87. The molecule has 1 unspecified atom stereocenters. The lowest BCUT2D eigenvalue weighted by molar-refractivity contribution is -0.143. The molecule has 1 saturated carbocycles. The Balaban J connectivity index is 1.29. The van der Waals surface area contributed by atoms with Crippen molar-refractivity contribution >= 4 is 11.8 Å². The molecule has 3 saturated heterocycles. The normalized spacial score (nSPS) is 32.6. The van der Waals surface area contributed by atoms with Gasteiger partial charge in [0.1, 0.15) is 11.9 Å². The second-order valence-corrected chi connectivity index (χ2v) is 11.2. The fourth-order valence-corrected chi connectivity index (χ4v) is 6.36. The summed E-state index contributed by atoms with van der Waals surface area (Å²) in [4.78, 5) is 32.3. The molecule has 2 amide bonds. The van der Waals surface area contributed by atoms with Gasteiger partial charge in [0.2, 0.25) is 11.8 Å². The van der Waals surface area contributed by atoms with E-state index in [1.54, 1.807) is 17.0 Å². The molecule has 0 spiro atoms. The van der Waals surface area contributed by atoms with Crippen LogP contribution in [0.3, 0.4) is 0 Å². The topological polar surface area (TPSA) is 93.7 Å². The summed E-state index contributed by atoms with van der Waals surface area (Å²) < 4.78 is 13.5. The number of carbonyl (C=O) groups is 2. The summed E-state index contributed by atoms with van der Waals surface area (Å²) >= 11 is 0. The van der Waals surface area contributed by atoms with E-state index in [0.29, 0.717) is 25.4 Å². The number of hydrogen-bond acceptors (Lipinski definition) is 5. The molecule has 3 aliphatic heterocycles. The Morgan fingerprint density at radius 1 is 1.24 bits per heavy atom. The Morgan fingerprint density at radius 2 is 1.94 bits per heavy atom. The largest absolute Gasteiger partial charge is 0.329 e. The lowest BCUT2D eigenvalue weighted by Crippen LogP contribution is -2.58. The van der Waals surface area contributed by atoms with Gasteiger partial charge in [-0.25, -0.2) is 4.39 Å². The molecule has 3 heterocycles. The summed E-state index contributed by atoms with van der Waals surface area (Å²) in [7, 11) is 0. The monoisotopic (exact) mass is 453 g/mol. The van der Waals surface area contributed by atoms with Gasteiger partial charge in [-0.2, -0.15) is 5.26 Å². The van der Waals surface area contributed by atoms with E-state index in [0.717, 1.165) is 18.4 Å². The Kier molecular flexibility index (Phi) is 5.26. The number of nitrogens with two attached hydrogens (primary N) is 1. The van der Waals surface area contributed by atoms with Gasteiger partial charge in [0.15, 0.2) is 0 Å². The van der Waals surface area contributed by atoms with Crippen molar-refractivity contribution in [2.45, 2.75) is 76.3 Å². The molecule has 176 valence electrons. The molecule has 7 atom stereocenters. The van der Waals surface area contributed by atoms with E-state index in [4.69, 9.17) is 5.73 Å². The minimum atomic E-state index is -0.740. The van der Waals surface area contributed by atoms with Gasteiger partial charge in [0.05, 0.1) is 24.2 Å². The summed E-state index contributed by atoms with van der Waals surface area (Å²) in [5, 5.41) is 9.40. The predicted octanol–water partition coefficient (Wildman–Crippen LogP) is 2.04. The van der Waals surface area contributed by atoms with Gasteiger partial charge in [0, 0.05) is 25.2 Å². The zero-order chi connectivity index (χ0) is 23.7. The number of nitriles is 1. The molecule has 1 aromatic carbocycles. The second-order valence-electron chi connectivity index (χ2n) is 11.2. The van der Waals surface area contributed by atoms with E-state index < -0.39 is 6.04 Å². The van der Waals surface area contributed by atoms with Crippen molar-refractivity contribution in [2.24, 2.45) is 17.1 Å². The van der Waals surface area contributed by atoms with Crippen LogP contribution >= 0.6 is 0 Å². The fraction of sp³-hybridized carbons (Fsp3) is 0.640. The molecule has 0 radical (unpaired) electrons. The Labute approximate surface area is 194 Å². The number of fused-ring (bicyclic) bond motifs is 3. The summed E-state index contributed by atoms with van der Waals surface area (Å²) in [5.41, 5.74) is 7.02. The molecule has 2 N–H and O–H groups in total. The molecule has 0 aromatic heterocycles. The minimum Gasteiger partial charge on any atom is -0.329 e. The molecule has 1 aliphatic carbocycles. The number of rotatable bonds is 5. The third-order valence-electron chi connectivity index (χ3n) is 7.85. The van der Waals surface area contributed by atoms with E-state index >= 15 is 0 Å². The third kappa shape index (κ3) is 3.71. The van der Waals surface area contributed by atoms with Crippen LogP contribution in [-0.4, -0.2) is 69.8 Å². The van der Waals surface area contributed by atoms with Crippen molar-refractivity contribution in [3.8, 4) is 6.07 Å². The summed E-state index contributed by atoms with van der Waals surface area (Å²) in [5.74, 6) is 0.0372. The third-order valence-corrected chi connectivity index (χ3v) is 7.85. The predicted molar refractivity (Wildman–Crippen MR) is 120 cm³/mol. The first-order valence-electron chi connectivity index (χ1n) is 11.9. The van der Waals surface area contributed by atoms with E-state index in [2.05, 4.69) is 26.8 Å². The number of hydrogen-bond donors (Lipinski definition) is 1. The zero-order valence-electron chi connectivity index (χ0n) is 19.4. The molecule has 8 heteroatoms. The van der Waals surface area contributed by atoms with Gasteiger partial charge in [-0.15, -0.1) is 0 Å². The Bertz CT molecular complexity index is 1000. The van der Waals surface area contributed by atoms with E-state index in [9.17, 15) is 19.2 Å². The standard InChI is InChI=1S/C25H32FN5O2/c1-25(2,3)22(14-4-6-16(26)7-5-14)31-18-10-21(24(31)33)29(12-18)13-19(28)23(32)30-17(11-27)8-15-9-20(15)30/h4-7,15,17-22H,8-10,12-13,28H2,1-3H3/t15?,17-,18-,19-,20-,21-,22+/m0/s1. The number of halogens is 1. The number of carbonyl (C=O) groups excluding carboxylic acids is 2. The lowest BCUT2D eigenvalue weighted by atomic mass is 9.80. The van der Waals surface area contributed by atoms with Gasteiger partial charge in [-0.1, -0.05) is 32.9 Å². The molecular weight excluding hydrogens is 421 g/mol. The maximum absolute atomic E-state index is 13.5. The molecule has 2 bridgehead atoms. The van der Waals surface area contributed by atoms with Gasteiger partial charge < -0.3 is 15.5 Å². The molecule has 4 aliphatic rings. The van der Waals surface area contributed by atoms with Crippen molar-refractivity contribution in [3.05, 3.63) is 35.6 Å². The highest BCUT2D eigenvalue weighted by atomic mass is 19.1. The van der Waals surface area contributed by atoms with Crippen LogP contribution in [0, 0.1) is 28.5 Å². The zero-order valence-corrected chi connectivity index (χ0v) is 19.4. The Hall–Kier alpha value is -2.50. The fourth-order valence-electron chi connectivity index (χ4n) is 6.36. The van der Waals surface area contributed by atoms with Gasteiger partial charge in [-0.05, 0) is 48.3 Å². The molecule has 33 heavy (non-hydrogen) atoms. The van der Waals surface area contributed by atoms with Crippen LogP contribution in [0.15, 0.2) is 24.3 Å². The van der Waals surface area contributed by atoms with Gasteiger partial charge >= 0.3 is 0 Å². The SMILES string of the molecule is CC(C)(C)[C@@H](c1ccc(F)cc1)N1C(=O)[C@@H]2C[C@H]1CN2C[C@H](N)C(=O)N1[C@H](C#N)CC2C[C@@H]21.